The number of nitrogens with zero attached hydrogens (tertiary/aromatic N) is 1. The van der Waals surface area contributed by atoms with Crippen LogP contribution in [0.5, 0.6) is 0 Å². The molecule has 0 fully saturated rings. The van der Waals surface area contributed by atoms with E-state index in [2.05, 4.69) is 10.0 Å². The van der Waals surface area contributed by atoms with Gasteiger partial charge in [-0.3, -0.25) is 14.9 Å². The van der Waals surface area contributed by atoms with E-state index in [-0.39, 0.29) is 23.7 Å². The number of rotatable bonds is 8. The van der Waals surface area contributed by atoms with Gasteiger partial charge in [-0.25, -0.2) is 13.1 Å². The molecule has 1 amide bonds. The summed E-state index contributed by atoms with van der Waals surface area (Å²) in [6.07, 6.45) is 4.21. The zero-order valence-corrected chi connectivity index (χ0v) is 13.7. The summed E-state index contributed by atoms with van der Waals surface area (Å²) in [5, 5.41) is 13.2. The van der Waals surface area contributed by atoms with Crippen LogP contribution >= 0.6 is 0 Å². The third-order valence-electron chi connectivity index (χ3n) is 3.00. The van der Waals surface area contributed by atoms with Gasteiger partial charge in [0.2, 0.25) is 15.9 Å². The van der Waals surface area contributed by atoms with E-state index < -0.39 is 20.9 Å². The molecule has 1 aromatic heterocycles. The molecule has 25 heavy (non-hydrogen) atoms. The molecule has 1 aromatic carbocycles. The fourth-order valence-electron chi connectivity index (χ4n) is 1.82. The molecule has 0 bridgehead atoms. The van der Waals surface area contributed by atoms with Crippen LogP contribution in [-0.4, -0.2) is 32.3 Å². The lowest BCUT2D eigenvalue weighted by Crippen LogP contribution is -2.34. The Labute approximate surface area is 143 Å². The first kappa shape index (κ1) is 18.4. The molecule has 2 aromatic rings. The van der Waals surface area contributed by atoms with Crippen LogP contribution in [0.15, 0.2) is 58.1 Å². The number of nitro groups is 1. The minimum atomic E-state index is -3.90. The van der Waals surface area contributed by atoms with Crippen molar-refractivity contribution in [3.63, 3.8) is 0 Å². The number of sulfonamides is 1. The largest absolute Gasteiger partial charge is 0.465 e. The molecule has 0 spiro atoms. The van der Waals surface area contributed by atoms with Gasteiger partial charge >= 0.3 is 0 Å². The summed E-state index contributed by atoms with van der Waals surface area (Å²) in [6, 6.07) is 8.06. The highest BCUT2D eigenvalue weighted by Crippen LogP contribution is 2.16. The van der Waals surface area contributed by atoms with Crippen molar-refractivity contribution in [3.05, 3.63) is 64.6 Å². The van der Waals surface area contributed by atoms with E-state index in [9.17, 15) is 23.3 Å². The molecule has 132 valence electrons. The third kappa shape index (κ3) is 5.55. The molecule has 0 unspecified atom stereocenters. The van der Waals surface area contributed by atoms with Crippen LogP contribution in [0.25, 0.3) is 6.08 Å². The SMILES string of the molecule is O=C(/C=C/c1ccco1)NCCNS(=O)(=O)c1cccc([N+](=O)[O-])c1. The maximum absolute atomic E-state index is 12.1. The molecule has 0 aliphatic carbocycles. The Kier molecular flexibility index (Phi) is 6.03. The fraction of sp³-hybridized carbons (Fsp3) is 0.133. The van der Waals surface area contributed by atoms with Gasteiger partial charge in [-0.2, -0.15) is 0 Å². The van der Waals surface area contributed by atoms with E-state index in [4.69, 9.17) is 4.42 Å². The Bertz CT molecular complexity index is 874. The topological polar surface area (TPSA) is 132 Å². The zero-order valence-electron chi connectivity index (χ0n) is 12.9. The summed E-state index contributed by atoms with van der Waals surface area (Å²) < 4.78 is 31.4. The first-order valence-corrected chi connectivity index (χ1v) is 8.60. The molecule has 0 aliphatic rings. The second-order valence-electron chi connectivity index (χ2n) is 4.79. The van der Waals surface area contributed by atoms with Crippen molar-refractivity contribution < 1.29 is 22.6 Å². The summed E-state index contributed by atoms with van der Waals surface area (Å²) in [7, 11) is -3.90. The van der Waals surface area contributed by atoms with Crippen molar-refractivity contribution in [2.45, 2.75) is 4.90 Å². The van der Waals surface area contributed by atoms with Crippen LogP contribution in [0.1, 0.15) is 5.76 Å². The normalized spacial score (nSPS) is 11.5. The second kappa shape index (κ2) is 8.22. The van der Waals surface area contributed by atoms with Gasteiger partial charge in [0.15, 0.2) is 0 Å². The van der Waals surface area contributed by atoms with Crippen LogP contribution in [0.3, 0.4) is 0 Å². The Hall–Kier alpha value is -2.98. The van der Waals surface area contributed by atoms with Crippen LogP contribution in [0.4, 0.5) is 5.69 Å². The van der Waals surface area contributed by atoms with Gasteiger partial charge in [-0.15, -0.1) is 0 Å². The molecule has 0 aliphatic heterocycles. The minimum absolute atomic E-state index is 0.0511. The second-order valence-corrected chi connectivity index (χ2v) is 6.56. The first-order chi connectivity index (χ1) is 11.9. The van der Waals surface area contributed by atoms with Crippen molar-refractivity contribution in [1.29, 1.82) is 0 Å². The predicted molar refractivity (Wildman–Crippen MR) is 89.0 cm³/mol. The van der Waals surface area contributed by atoms with E-state index in [1.165, 1.54) is 36.6 Å². The van der Waals surface area contributed by atoms with Crippen molar-refractivity contribution >= 4 is 27.7 Å². The molecule has 0 saturated carbocycles. The van der Waals surface area contributed by atoms with Crippen LogP contribution in [0, 0.1) is 10.1 Å². The number of nitrogens with one attached hydrogen (secondary N) is 2. The molecule has 2 N–H and O–H groups in total. The Morgan fingerprint density at radius 3 is 2.72 bits per heavy atom. The quantitative estimate of drug-likeness (QED) is 0.314. The minimum Gasteiger partial charge on any atom is -0.465 e. The molecule has 0 atom stereocenters. The standard InChI is InChI=1S/C15H15N3O6S/c19-15(7-6-13-4-2-10-24-13)16-8-9-17-25(22,23)14-5-1-3-12(11-14)18(20)21/h1-7,10-11,17H,8-9H2,(H,16,19)/b7-6+. The monoisotopic (exact) mass is 365 g/mol. The third-order valence-corrected chi connectivity index (χ3v) is 4.46. The summed E-state index contributed by atoms with van der Waals surface area (Å²) in [5.41, 5.74) is -0.320. The number of non-ortho nitro benzene ring substituents is 1. The number of hydrogen-bond donors (Lipinski definition) is 2. The van der Waals surface area contributed by atoms with E-state index in [1.807, 2.05) is 0 Å². The number of nitro benzene ring substituents is 1. The van der Waals surface area contributed by atoms with E-state index >= 15 is 0 Å². The highest BCUT2D eigenvalue weighted by molar-refractivity contribution is 7.89. The lowest BCUT2D eigenvalue weighted by Gasteiger charge is -2.07. The molecule has 2 rings (SSSR count). The molecule has 0 radical (unpaired) electrons. The molecule has 9 nitrogen and oxygen atoms in total. The summed E-state index contributed by atoms with van der Waals surface area (Å²) in [5.74, 6) is 0.104. The lowest BCUT2D eigenvalue weighted by atomic mass is 10.3. The number of amides is 1. The van der Waals surface area contributed by atoms with Crippen LogP contribution < -0.4 is 10.0 Å². The molecule has 0 saturated heterocycles. The molecule has 1 heterocycles. The highest BCUT2D eigenvalue weighted by Gasteiger charge is 2.16. The van der Waals surface area contributed by atoms with Gasteiger partial charge in [0.1, 0.15) is 5.76 Å². The van der Waals surface area contributed by atoms with Gasteiger partial charge in [0, 0.05) is 31.3 Å². The maximum Gasteiger partial charge on any atom is 0.270 e. The number of carbonyl (C=O) groups excluding carboxylic acids is 1. The van der Waals surface area contributed by atoms with Crippen molar-refractivity contribution in [2.75, 3.05) is 13.1 Å². The number of hydrogen-bond acceptors (Lipinski definition) is 6. The first-order valence-electron chi connectivity index (χ1n) is 7.12. The van der Waals surface area contributed by atoms with Crippen molar-refractivity contribution in [3.8, 4) is 0 Å². The van der Waals surface area contributed by atoms with Crippen molar-refractivity contribution in [2.24, 2.45) is 0 Å². The van der Waals surface area contributed by atoms with E-state index in [0.717, 1.165) is 6.07 Å². The smallest absolute Gasteiger partial charge is 0.270 e. The molecular weight excluding hydrogens is 350 g/mol. The number of carbonyl (C=O) groups is 1. The van der Waals surface area contributed by atoms with Gasteiger partial charge in [-0.05, 0) is 24.3 Å². The number of furan rings is 1. The zero-order chi connectivity index (χ0) is 18.3. The van der Waals surface area contributed by atoms with E-state index in [1.54, 1.807) is 12.1 Å². The van der Waals surface area contributed by atoms with E-state index in [0.29, 0.717) is 5.76 Å². The Morgan fingerprint density at radius 1 is 1.24 bits per heavy atom. The fourth-order valence-corrected chi connectivity index (χ4v) is 2.89. The highest BCUT2D eigenvalue weighted by atomic mass is 32.2. The molecular formula is C15H15N3O6S. The van der Waals surface area contributed by atoms with Gasteiger partial charge in [0.05, 0.1) is 16.1 Å². The molecule has 10 heteroatoms. The average Bonchev–Trinajstić information content (AvgIpc) is 3.10. The Balaban J connectivity index is 1.83. The van der Waals surface area contributed by atoms with Crippen molar-refractivity contribution in [1.82, 2.24) is 10.0 Å². The maximum atomic E-state index is 12.1. The van der Waals surface area contributed by atoms with Gasteiger partial charge in [-0.1, -0.05) is 6.07 Å². The lowest BCUT2D eigenvalue weighted by molar-refractivity contribution is -0.385. The van der Waals surface area contributed by atoms with Crippen LogP contribution in [0.2, 0.25) is 0 Å². The summed E-state index contributed by atoms with van der Waals surface area (Å²) in [6.45, 7) is -0.0131. The summed E-state index contributed by atoms with van der Waals surface area (Å²) in [4.78, 5) is 21.4. The Morgan fingerprint density at radius 2 is 2.04 bits per heavy atom. The average molecular weight is 365 g/mol. The van der Waals surface area contributed by atoms with Gasteiger partial charge < -0.3 is 9.73 Å². The predicted octanol–water partition coefficient (Wildman–Crippen LogP) is 1.30. The summed E-state index contributed by atoms with van der Waals surface area (Å²) >= 11 is 0. The van der Waals surface area contributed by atoms with Crippen LogP contribution in [-0.2, 0) is 14.8 Å². The number of benzene rings is 1. The van der Waals surface area contributed by atoms with Gasteiger partial charge in [0.25, 0.3) is 5.69 Å².